The van der Waals surface area contributed by atoms with Gasteiger partial charge in [0.15, 0.2) is 5.78 Å². The topological polar surface area (TPSA) is 34.0 Å². The molecule has 23 heavy (non-hydrogen) atoms. The number of carbonyl (C=O) groups is 1. The molecule has 2 aromatic carbocycles. The predicted molar refractivity (Wildman–Crippen MR) is 92.8 cm³/mol. The van der Waals surface area contributed by atoms with E-state index in [9.17, 15) is 4.79 Å². The molecule has 0 saturated heterocycles. The molecule has 0 spiro atoms. The van der Waals surface area contributed by atoms with Gasteiger partial charge in [-0.05, 0) is 18.1 Å². The Labute approximate surface area is 135 Å². The first-order valence-corrected chi connectivity index (χ1v) is 8.21. The lowest BCUT2D eigenvalue weighted by atomic mass is 9.96. The fourth-order valence-corrected chi connectivity index (χ4v) is 3.65. The molecule has 2 heterocycles. The minimum Gasteiger partial charge on any atom is -0.338 e. The zero-order chi connectivity index (χ0) is 15.8. The van der Waals surface area contributed by atoms with Crippen molar-refractivity contribution in [2.45, 2.75) is 25.9 Å². The number of benzene rings is 2. The second kappa shape index (κ2) is 5.67. The molecule has 1 atom stereocenters. The second-order valence-electron chi connectivity index (χ2n) is 6.11. The monoisotopic (exact) mass is 304 g/mol. The van der Waals surface area contributed by atoms with E-state index >= 15 is 0 Å². The summed E-state index contributed by atoms with van der Waals surface area (Å²) in [5, 5.41) is 4.48. The lowest BCUT2D eigenvalue weighted by Gasteiger charge is -2.25. The van der Waals surface area contributed by atoms with Crippen molar-refractivity contribution in [3.05, 3.63) is 71.4 Å². The van der Waals surface area contributed by atoms with Crippen molar-refractivity contribution >= 4 is 16.7 Å². The molecule has 4 rings (SSSR count). The van der Waals surface area contributed by atoms with Crippen LogP contribution in [-0.2, 0) is 6.54 Å². The van der Waals surface area contributed by atoms with Gasteiger partial charge in [0.25, 0.3) is 0 Å². The van der Waals surface area contributed by atoms with Crippen LogP contribution in [-0.4, -0.2) is 16.9 Å². The molecule has 1 unspecified atom stereocenters. The van der Waals surface area contributed by atoms with E-state index in [0.29, 0.717) is 6.54 Å². The summed E-state index contributed by atoms with van der Waals surface area (Å²) in [6, 6.07) is 18.9. The highest BCUT2D eigenvalue weighted by molar-refractivity contribution is 6.11. The van der Waals surface area contributed by atoms with Crippen molar-refractivity contribution < 1.29 is 4.79 Å². The maximum absolute atomic E-state index is 12.6. The maximum atomic E-state index is 12.6. The van der Waals surface area contributed by atoms with Crippen molar-refractivity contribution in [2.75, 3.05) is 6.54 Å². The summed E-state index contributed by atoms with van der Waals surface area (Å²) < 4.78 is 2.32. The standard InChI is InChI=1S/C20H20N2O/c1-2-16-20-19(18(23)12-21-16)15-10-6-7-11-17(15)22(20)13-14-8-4-3-5-9-14/h3-11,16,21H,2,12-13H2,1H3. The van der Waals surface area contributed by atoms with Crippen molar-refractivity contribution in [1.29, 1.82) is 0 Å². The lowest BCUT2D eigenvalue weighted by Crippen LogP contribution is -2.35. The summed E-state index contributed by atoms with van der Waals surface area (Å²) in [7, 11) is 0. The number of ketones is 1. The van der Waals surface area contributed by atoms with Crippen LogP contribution in [0.15, 0.2) is 54.6 Å². The number of nitrogens with zero attached hydrogens (tertiary/aromatic N) is 1. The Morgan fingerprint density at radius 2 is 1.83 bits per heavy atom. The van der Waals surface area contributed by atoms with Crippen molar-refractivity contribution in [1.82, 2.24) is 9.88 Å². The quantitative estimate of drug-likeness (QED) is 0.795. The van der Waals surface area contributed by atoms with E-state index in [0.717, 1.165) is 35.1 Å². The number of hydrogen-bond donors (Lipinski definition) is 1. The number of hydrogen-bond acceptors (Lipinski definition) is 2. The molecule has 116 valence electrons. The van der Waals surface area contributed by atoms with Gasteiger partial charge in [-0.2, -0.15) is 0 Å². The largest absolute Gasteiger partial charge is 0.338 e. The van der Waals surface area contributed by atoms with Crippen LogP contribution in [0, 0.1) is 0 Å². The summed E-state index contributed by atoms with van der Waals surface area (Å²) in [6.45, 7) is 3.40. The van der Waals surface area contributed by atoms with Gasteiger partial charge in [0, 0.05) is 34.7 Å². The molecule has 1 aliphatic rings. The summed E-state index contributed by atoms with van der Waals surface area (Å²) in [4.78, 5) is 12.6. The van der Waals surface area contributed by atoms with Gasteiger partial charge in [0.1, 0.15) is 0 Å². The first kappa shape index (κ1) is 14.2. The molecule has 0 bridgehead atoms. The van der Waals surface area contributed by atoms with Gasteiger partial charge in [-0.3, -0.25) is 4.79 Å². The van der Waals surface area contributed by atoms with Crippen LogP contribution in [0.4, 0.5) is 0 Å². The Kier molecular flexibility index (Phi) is 3.50. The Hall–Kier alpha value is -2.39. The van der Waals surface area contributed by atoms with E-state index in [2.05, 4.69) is 53.2 Å². The van der Waals surface area contributed by atoms with Crippen LogP contribution < -0.4 is 5.32 Å². The molecule has 0 saturated carbocycles. The van der Waals surface area contributed by atoms with E-state index in [4.69, 9.17) is 0 Å². The maximum Gasteiger partial charge on any atom is 0.179 e. The van der Waals surface area contributed by atoms with Gasteiger partial charge in [-0.15, -0.1) is 0 Å². The fourth-order valence-electron chi connectivity index (χ4n) is 3.65. The first-order chi connectivity index (χ1) is 11.3. The number of fused-ring (bicyclic) bond motifs is 3. The SMILES string of the molecule is CCC1NCC(=O)c2c1n(Cc1ccccc1)c1ccccc21. The van der Waals surface area contributed by atoms with Gasteiger partial charge in [-0.1, -0.05) is 55.5 Å². The molecule has 1 aromatic heterocycles. The predicted octanol–water partition coefficient (Wildman–Crippen LogP) is 3.93. The second-order valence-corrected chi connectivity index (χ2v) is 6.11. The van der Waals surface area contributed by atoms with Gasteiger partial charge < -0.3 is 9.88 Å². The van der Waals surface area contributed by atoms with Crippen LogP contribution in [0.2, 0.25) is 0 Å². The third kappa shape index (κ3) is 2.28. The van der Waals surface area contributed by atoms with Crippen LogP contribution in [0.25, 0.3) is 10.9 Å². The number of carbonyl (C=O) groups excluding carboxylic acids is 1. The molecular formula is C20H20N2O. The summed E-state index contributed by atoms with van der Waals surface area (Å²) in [5.41, 5.74) is 4.47. The van der Waals surface area contributed by atoms with Gasteiger partial charge in [0.2, 0.25) is 0 Å². The lowest BCUT2D eigenvalue weighted by molar-refractivity contribution is 0.0975. The van der Waals surface area contributed by atoms with Crippen molar-refractivity contribution in [3.63, 3.8) is 0 Å². The van der Waals surface area contributed by atoms with E-state index in [-0.39, 0.29) is 11.8 Å². The fraction of sp³-hybridized carbons (Fsp3) is 0.250. The number of aromatic nitrogens is 1. The molecule has 0 aliphatic carbocycles. The van der Waals surface area contributed by atoms with Gasteiger partial charge >= 0.3 is 0 Å². The number of Topliss-reactive ketones (excluding diaryl/α,β-unsaturated/α-hetero) is 1. The average Bonchev–Trinajstić information content (AvgIpc) is 2.92. The molecule has 1 N–H and O–H groups in total. The third-order valence-electron chi connectivity index (χ3n) is 4.72. The first-order valence-electron chi connectivity index (χ1n) is 8.21. The van der Waals surface area contributed by atoms with Gasteiger partial charge in [-0.25, -0.2) is 0 Å². The van der Waals surface area contributed by atoms with E-state index in [1.807, 2.05) is 18.2 Å². The third-order valence-corrected chi connectivity index (χ3v) is 4.72. The van der Waals surface area contributed by atoms with E-state index < -0.39 is 0 Å². The van der Waals surface area contributed by atoms with Crippen LogP contribution >= 0.6 is 0 Å². The molecule has 3 heteroatoms. The molecule has 0 radical (unpaired) electrons. The van der Waals surface area contributed by atoms with Crippen molar-refractivity contribution in [3.8, 4) is 0 Å². The Morgan fingerprint density at radius 3 is 2.61 bits per heavy atom. The number of rotatable bonds is 3. The summed E-state index contributed by atoms with van der Waals surface area (Å²) >= 11 is 0. The Bertz CT molecular complexity index is 864. The van der Waals surface area contributed by atoms with Crippen LogP contribution in [0.3, 0.4) is 0 Å². The number of para-hydroxylation sites is 1. The van der Waals surface area contributed by atoms with E-state index in [1.54, 1.807) is 0 Å². The van der Waals surface area contributed by atoms with Crippen LogP contribution in [0.5, 0.6) is 0 Å². The zero-order valence-electron chi connectivity index (χ0n) is 13.3. The van der Waals surface area contributed by atoms with Gasteiger partial charge in [0.05, 0.1) is 6.54 Å². The average molecular weight is 304 g/mol. The van der Waals surface area contributed by atoms with Crippen LogP contribution in [0.1, 0.15) is 41.0 Å². The molecule has 1 aliphatic heterocycles. The summed E-state index contributed by atoms with van der Waals surface area (Å²) in [5.74, 6) is 0.202. The minimum atomic E-state index is 0.202. The Morgan fingerprint density at radius 1 is 1.09 bits per heavy atom. The highest BCUT2D eigenvalue weighted by Crippen LogP contribution is 2.35. The molecule has 0 fully saturated rings. The molecule has 3 nitrogen and oxygen atoms in total. The minimum absolute atomic E-state index is 0.202. The molecule has 3 aromatic rings. The van der Waals surface area contributed by atoms with E-state index in [1.165, 1.54) is 5.56 Å². The molecule has 0 amide bonds. The normalized spacial score (nSPS) is 17.4. The summed E-state index contributed by atoms with van der Waals surface area (Å²) in [6.07, 6.45) is 0.978. The number of nitrogens with one attached hydrogen (secondary N) is 1. The zero-order valence-corrected chi connectivity index (χ0v) is 13.3. The Balaban J connectivity index is 1.97. The highest BCUT2D eigenvalue weighted by atomic mass is 16.1. The smallest absolute Gasteiger partial charge is 0.179 e. The van der Waals surface area contributed by atoms with Crippen molar-refractivity contribution in [2.24, 2.45) is 0 Å². The highest BCUT2D eigenvalue weighted by Gasteiger charge is 2.30. The molecular weight excluding hydrogens is 284 g/mol.